The van der Waals surface area contributed by atoms with Gasteiger partial charge in [-0.1, -0.05) is 30.3 Å². The van der Waals surface area contributed by atoms with Crippen molar-refractivity contribution < 1.29 is 37.3 Å². The molecule has 1 rings (SSSR count). The Bertz CT molecular complexity index is 599. The summed E-state index contributed by atoms with van der Waals surface area (Å²) in [5.41, 5.74) is -0.0792. The number of hydrogen-bond acceptors (Lipinski definition) is 5. The van der Waals surface area contributed by atoms with E-state index in [0.717, 1.165) is 5.56 Å². The molecule has 0 unspecified atom stereocenters. The van der Waals surface area contributed by atoms with Crippen molar-refractivity contribution in [3.05, 3.63) is 35.9 Å². The number of alkyl halides is 3. The Balaban J connectivity index is 2.78. The van der Waals surface area contributed by atoms with Crippen LogP contribution in [0, 0.1) is 0 Å². The van der Waals surface area contributed by atoms with Crippen molar-refractivity contribution in [2.45, 2.75) is 51.1 Å². The van der Waals surface area contributed by atoms with Crippen LogP contribution < -0.4 is 5.32 Å². The highest BCUT2D eigenvalue weighted by atomic mass is 19.4. The number of halogens is 3. The molecule has 1 aromatic rings. The Kier molecular flexibility index (Phi) is 7.43. The van der Waals surface area contributed by atoms with Gasteiger partial charge in [0.05, 0.1) is 6.04 Å². The largest absolute Gasteiger partial charge is 0.490 e. The molecule has 0 heterocycles. The lowest BCUT2D eigenvalue weighted by Gasteiger charge is -2.26. The highest BCUT2D eigenvalue weighted by molar-refractivity contribution is 5.75. The molecule has 0 bridgehead atoms. The number of aliphatic hydroxyl groups is 1. The summed E-state index contributed by atoms with van der Waals surface area (Å²) in [7, 11) is 0. The number of rotatable bonds is 6. The predicted molar refractivity (Wildman–Crippen MR) is 86.3 cm³/mol. The fourth-order valence-corrected chi connectivity index (χ4v) is 1.97. The van der Waals surface area contributed by atoms with E-state index in [1.807, 2.05) is 0 Å². The molecule has 26 heavy (non-hydrogen) atoms. The number of aliphatic hydroxyl groups excluding tert-OH is 1. The van der Waals surface area contributed by atoms with Crippen molar-refractivity contribution in [2.24, 2.45) is 0 Å². The van der Waals surface area contributed by atoms with Gasteiger partial charge in [-0.05, 0) is 32.8 Å². The summed E-state index contributed by atoms with van der Waals surface area (Å²) in [5.74, 6) is -2.41. The highest BCUT2D eigenvalue weighted by Crippen LogP contribution is 2.17. The molecule has 0 spiro atoms. The summed E-state index contributed by atoms with van der Waals surface area (Å²) in [4.78, 5) is 22.7. The van der Waals surface area contributed by atoms with Gasteiger partial charge in [0.25, 0.3) is 0 Å². The third kappa shape index (κ3) is 8.19. The minimum Gasteiger partial charge on any atom is -0.456 e. The Morgan fingerprint density at radius 3 is 2.23 bits per heavy atom. The smallest absolute Gasteiger partial charge is 0.456 e. The summed E-state index contributed by atoms with van der Waals surface area (Å²) in [6.45, 7) is 3.99. The normalized spacial score (nSPS) is 14.3. The first kappa shape index (κ1) is 21.8. The molecule has 146 valence electrons. The Labute approximate surface area is 149 Å². The van der Waals surface area contributed by atoms with Crippen molar-refractivity contribution in [3.63, 3.8) is 0 Å². The molecular weight excluding hydrogens is 355 g/mol. The lowest BCUT2D eigenvalue weighted by atomic mass is 10.0. The summed E-state index contributed by atoms with van der Waals surface area (Å²) in [6, 6.07) is 7.65. The number of ether oxygens (including phenoxy) is 2. The molecule has 1 aromatic carbocycles. The SMILES string of the molecule is CC(C)(C)OC(=O)N[C@@H](Cc1ccccc1)[C@@H](O)COC(=O)C(F)(F)F. The molecule has 1 amide bonds. The Hall–Kier alpha value is -2.29. The quantitative estimate of drug-likeness (QED) is 0.745. The number of benzene rings is 1. The molecule has 0 aliphatic carbocycles. The zero-order valence-corrected chi connectivity index (χ0v) is 14.7. The second-order valence-electron chi connectivity index (χ2n) is 6.61. The standard InChI is InChI=1S/C17H22F3NO5/c1-16(2,3)26-15(24)21-12(9-11-7-5-4-6-8-11)13(22)10-25-14(23)17(18,19)20/h4-8,12-13,22H,9-10H2,1-3H3,(H,21,24)/t12-,13-/m0/s1. The van der Waals surface area contributed by atoms with Crippen LogP contribution in [-0.2, 0) is 20.7 Å². The number of hydrogen-bond donors (Lipinski definition) is 2. The second kappa shape index (κ2) is 8.88. The fraction of sp³-hybridized carbons (Fsp3) is 0.529. The summed E-state index contributed by atoms with van der Waals surface area (Å²) >= 11 is 0. The minimum absolute atomic E-state index is 0.102. The van der Waals surface area contributed by atoms with Crippen LogP contribution in [0.1, 0.15) is 26.3 Å². The van der Waals surface area contributed by atoms with Crippen LogP contribution >= 0.6 is 0 Å². The van der Waals surface area contributed by atoms with Crippen molar-refractivity contribution >= 4 is 12.1 Å². The van der Waals surface area contributed by atoms with E-state index in [1.54, 1.807) is 51.1 Å². The van der Waals surface area contributed by atoms with Gasteiger partial charge in [-0.3, -0.25) is 0 Å². The predicted octanol–water partition coefficient (Wildman–Crippen LogP) is 2.59. The molecule has 0 saturated carbocycles. The fourth-order valence-electron chi connectivity index (χ4n) is 1.97. The summed E-state index contributed by atoms with van der Waals surface area (Å²) < 4.78 is 45.7. The van der Waals surface area contributed by atoms with Gasteiger partial charge in [-0.2, -0.15) is 13.2 Å². The minimum atomic E-state index is -5.16. The molecular formula is C17H22F3NO5. The number of carbonyl (C=O) groups excluding carboxylic acids is 2. The number of carbonyl (C=O) groups is 2. The first-order chi connectivity index (χ1) is 11.9. The van der Waals surface area contributed by atoms with Gasteiger partial charge in [0.2, 0.25) is 0 Å². The van der Waals surface area contributed by atoms with E-state index in [2.05, 4.69) is 10.1 Å². The van der Waals surface area contributed by atoms with Gasteiger partial charge < -0.3 is 19.9 Å². The first-order valence-corrected chi connectivity index (χ1v) is 7.84. The number of alkyl carbamates (subject to hydrolysis) is 1. The van der Waals surface area contributed by atoms with E-state index < -0.39 is 42.6 Å². The monoisotopic (exact) mass is 377 g/mol. The van der Waals surface area contributed by atoms with Gasteiger partial charge in [-0.25, -0.2) is 9.59 Å². The zero-order chi connectivity index (χ0) is 20.0. The van der Waals surface area contributed by atoms with Crippen LogP contribution in [0.5, 0.6) is 0 Å². The van der Waals surface area contributed by atoms with E-state index >= 15 is 0 Å². The summed E-state index contributed by atoms with van der Waals surface area (Å²) in [5, 5.41) is 12.5. The first-order valence-electron chi connectivity index (χ1n) is 7.84. The average molecular weight is 377 g/mol. The zero-order valence-electron chi connectivity index (χ0n) is 14.7. The molecule has 0 saturated heterocycles. The third-order valence-electron chi connectivity index (χ3n) is 3.08. The number of amides is 1. The molecule has 0 aliphatic rings. The second-order valence-corrected chi connectivity index (χ2v) is 6.61. The van der Waals surface area contributed by atoms with Crippen LogP contribution in [0.3, 0.4) is 0 Å². The lowest BCUT2D eigenvalue weighted by Crippen LogP contribution is -2.48. The summed E-state index contributed by atoms with van der Waals surface area (Å²) in [6.07, 6.45) is -7.47. The molecule has 0 fully saturated rings. The number of nitrogens with one attached hydrogen (secondary N) is 1. The highest BCUT2D eigenvalue weighted by Gasteiger charge is 2.41. The average Bonchev–Trinajstić information content (AvgIpc) is 2.49. The molecule has 0 aliphatic heterocycles. The van der Waals surface area contributed by atoms with Crippen LogP contribution in [0.4, 0.5) is 18.0 Å². The van der Waals surface area contributed by atoms with Crippen LogP contribution in [0.25, 0.3) is 0 Å². The van der Waals surface area contributed by atoms with Gasteiger partial charge in [0.15, 0.2) is 0 Å². The van der Waals surface area contributed by atoms with Crippen molar-refractivity contribution in [1.82, 2.24) is 5.32 Å². The van der Waals surface area contributed by atoms with Crippen molar-refractivity contribution in [1.29, 1.82) is 0 Å². The molecule has 0 aromatic heterocycles. The van der Waals surface area contributed by atoms with E-state index in [9.17, 15) is 27.9 Å². The van der Waals surface area contributed by atoms with Crippen molar-refractivity contribution in [2.75, 3.05) is 6.61 Å². The van der Waals surface area contributed by atoms with Gasteiger partial charge in [0, 0.05) is 0 Å². The van der Waals surface area contributed by atoms with Crippen LogP contribution in [0.2, 0.25) is 0 Å². The molecule has 2 N–H and O–H groups in total. The topological polar surface area (TPSA) is 84.9 Å². The van der Waals surface area contributed by atoms with Gasteiger partial charge in [-0.15, -0.1) is 0 Å². The van der Waals surface area contributed by atoms with Crippen LogP contribution in [-0.4, -0.2) is 47.7 Å². The van der Waals surface area contributed by atoms with E-state index in [0.29, 0.717) is 0 Å². The van der Waals surface area contributed by atoms with Gasteiger partial charge in [0.1, 0.15) is 18.3 Å². The maximum absolute atomic E-state index is 12.2. The molecule has 9 heteroatoms. The molecule has 0 radical (unpaired) electrons. The number of esters is 1. The maximum Gasteiger partial charge on any atom is 0.490 e. The molecule has 6 nitrogen and oxygen atoms in total. The van der Waals surface area contributed by atoms with Crippen molar-refractivity contribution in [3.8, 4) is 0 Å². The van der Waals surface area contributed by atoms with E-state index in [-0.39, 0.29) is 6.42 Å². The lowest BCUT2D eigenvalue weighted by molar-refractivity contribution is -0.202. The van der Waals surface area contributed by atoms with Gasteiger partial charge >= 0.3 is 18.2 Å². The maximum atomic E-state index is 12.2. The Morgan fingerprint density at radius 2 is 1.73 bits per heavy atom. The van der Waals surface area contributed by atoms with E-state index in [4.69, 9.17) is 4.74 Å². The Morgan fingerprint density at radius 1 is 1.15 bits per heavy atom. The van der Waals surface area contributed by atoms with E-state index in [1.165, 1.54) is 0 Å². The van der Waals surface area contributed by atoms with Crippen LogP contribution in [0.15, 0.2) is 30.3 Å². The molecule has 2 atom stereocenters. The third-order valence-corrected chi connectivity index (χ3v) is 3.08.